The third kappa shape index (κ3) is 3.73. The molecule has 0 aromatic heterocycles. The predicted octanol–water partition coefficient (Wildman–Crippen LogP) is 2.47. The molecule has 0 bridgehead atoms. The van der Waals surface area contributed by atoms with Crippen LogP contribution in [0, 0.1) is 5.92 Å². The fourth-order valence-electron chi connectivity index (χ4n) is 2.73. The van der Waals surface area contributed by atoms with E-state index in [4.69, 9.17) is 9.47 Å². The van der Waals surface area contributed by atoms with E-state index in [0.717, 1.165) is 38.2 Å². The van der Waals surface area contributed by atoms with Crippen LogP contribution in [0.4, 0.5) is 0 Å². The Kier molecular flexibility index (Phi) is 5.41. The van der Waals surface area contributed by atoms with E-state index in [1.165, 1.54) is 12.7 Å². The Morgan fingerprint density at radius 2 is 2.20 bits per heavy atom. The molecule has 1 aromatic carbocycles. The van der Waals surface area contributed by atoms with E-state index in [1.54, 1.807) is 0 Å². The van der Waals surface area contributed by atoms with E-state index in [-0.39, 0.29) is 11.9 Å². The van der Waals surface area contributed by atoms with Crippen molar-refractivity contribution < 1.29 is 14.3 Å². The van der Waals surface area contributed by atoms with Gasteiger partial charge in [0.2, 0.25) is 0 Å². The summed E-state index contributed by atoms with van der Waals surface area (Å²) in [6, 6.07) is 8.11. The summed E-state index contributed by atoms with van der Waals surface area (Å²) in [5.74, 6) is 0.857. The molecule has 1 saturated heterocycles. The number of carbonyl (C=O) groups excluding carboxylic acids is 1. The van der Waals surface area contributed by atoms with Crippen molar-refractivity contribution in [3.63, 3.8) is 0 Å². The first-order valence-corrected chi connectivity index (χ1v) is 7.25. The minimum atomic E-state index is -0.0900. The number of nitrogens with zero attached hydrogens (tertiary/aromatic N) is 1. The zero-order chi connectivity index (χ0) is 14.4. The lowest BCUT2D eigenvalue weighted by Crippen LogP contribution is -2.38. The summed E-state index contributed by atoms with van der Waals surface area (Å²) in [4.78, 5) is 14.0. The molecule has 4 heteroatoms. The molecule has 1 aliphatic heterocycles. The molecule has 0 amide bonds. The summed E-state index contributed by atoms with van der Waals surface area (Å²) < 4.78 is 10.5. The Bertz CT molecular complexity index is 447. The molecule has 1 heterocycles. The summed E-state index contributed by atoms with van der Waals surface area (Å²) >= 11 is 0. The average molecular weight is 277 g/mol. The number of piperidine rings is 1. The smallest absolute Gasteiger partial charge is 0.309 e. The van der Waals surface area contributed by atoms with E-state index in [2.05, 4.69) is 11.0 Å². The Morgan fingerprint density at radius 1 is 1.40 bits per heavy atom. The van der Waals surface area contributed by atoms with Crippen LogP contribution in [0.3, 0.4) is 0 Å². The lowest BCUT2D eigenvalue weighted by molar-refractivity contribution is -0.147. The van der Waals surface area contributed by atoms with Gasteiger partial charge in [0.05, 0.1) is 19.6 Å². The summed E-state index contributed by atoms with van der Waals surface area (Å²) in [6.45, 7) is 5.28. The lowest BCUT2D eigenvalue weighted by Gasteiger charge is -2.31. The highest BCUT2D eigenvalue weighted by atomic mass is 16.5. The average Bonchev–Trinajstić information content (AvgIpc) is 2.49. The number of rotatable bonds is 5. The minimum Gasteiger partial charge on any atom is -0.494 e. The number of esters is 1. The standard InChI is InChI=1S/C16H23NO3/c1-3-20-15-9-5-4-7-13(15)11-17-10-6-8-14(12-17)16(18)19-2/h4-5,7,9,14H,3,6,8,10-12H2,1-2H3. The molecule has 1 aromatic rings. The van der Waals surface area contributed by atoms with Gasteiger partial charge in [-0.2, -0.15) is 0 Å². The Hall–Kier alpha value is -1.55. The highest BCUT2D eigenvalue weighted by molar-refractivity contribution is 5.72. The van der Waals surface area contributed by atoms with Crippen LogP contribution in [0.15, 0.2) is 24.3 Å². The van der Waals surface area contributed by atoms with E-state index >= 15 is 0 Å². The molecule has 20 heavy (non-hydrogen) atoms. The summed E-state index contributed by atoms with van der Waals surface area (Å²) in [5, 5.41) is 0. The van der Waals surface area contributed by atoms with Gasteiger partial charge in [-0.3, -0.25) is 9.69 Å². The largest absolute Gasteiger partial charge is 0.494 e. The first-order valence-electron chi connectivity index (χ1n) is 7.25. The van der Waals surface area contributed by atoms with Crippen molar-refractivity contribution in [2.45, 2.75) is 26.3 Å². The van der Waals surface area contributed by atoms with Gasteiger partial charge in [-0.15, -0.1) is 0 Å². The zero-order valence-electron chi connectivity index (χ0n) is 12.3. The van der Waals surface area contributed by atoms with Gasteiger partial charge in [0.15, 0.2) is 0 Å². The Morgan fingerprint density at radius 3 is 2.95 bits per heavy atom. The van der Waals surface area contributed by atoms with Crippen molar-refractivity contribution in [1.82, 2.24) is 4.90 Å². The number of likely N-dealkylation sites (tertiary alicyclic amines) is 1. The third-order valence-electron chi connectivity index (χ3n) is 3.71. The molecule has 1 aliphatic rings. The zero-order valence-corrected chi connectivity index (χ0v) is 12.3. The van der Waals surface area contributed by atoms with E-state index < -0.39 is 0 Å². The number of benzene rings is 1. The summed E-state index contributed by atoms with van der Waals surface area (Å²) in [5.41, 5.74) is 1.18. The molecule has 4 nitrogen and oxygen atoms in total. The van der Waals surface area contributed by atoms with Crippen LogP contribution in [-0.4, -0.2) is 37.7 Å². The highest BCUT2D eigenvalue weighted by Gasteiger charge is 2.26. The van der Waals surface area contributed by atoms with Crippen molar-refractivity contribution in [2.75, 3.05) is 26.8 Å². The van der Waals surface area contributed by atoms with E-state index in [0.29, 0.717) is 6.61 Å². The number of ether oxygens (including phenoxy) is 2. The highest BCUT2D eigenvalue weighted by Crippen LogP contribution is 2.24. The predicted molar refractivity (Wildman–Crippen MR) is 77.6 cm³/mol. The van der Waals surface area contributed by atoms with Gasteiger partial charge in [0, 0.05) is 18.7 Å². The van der Waals surface area contributed by atoms with E-state index in [9.17, 15) is 4.79 Å². The second-order valence-corrected chi connectivity index (χ2v) is 5.14. The topological polar surface area (TPSA) is 38.8 Å². The maximum atomic E-state index is 11.7. The van der Waals surface area contributed by atoms with Crippen molar-refractivity contribution in [1.29, 1.82) is 0 Å². The Labute approximate surface area is 120 Å². The maximum absolute atomic E-state index is 11.7. The molecule has 2 rings (SSSR count). The fraction of sp³-hybridized carbons (Fsp3) is 0.562. The second kappa shape index (κ2) is 7.29. The molecular weight excluding hydrogens is 254 g/mol. The van der Waals surface area contributed by atoms with Gasteiger partial charge in [-0.1, -0.05) is 18.2 Å². The van der Waals surface area contributed by atoms with Crippen LogP contribution >= 0.6 is 0 Å². The molecule has 1 atom stereocenters. The van der Waals surface area contributed by atoms with E-state index in [1.807, 2.05) is 25.1 Å². The molecular formula is C16H23NO3. The van der Waals surface area contributed by atoms with Crippen molar-refractivity contribution >= 4 is 5.97 Å². The number of hydrogen-bond donors (Lipinski definition) is 0. The summed E-state index contributed by atoms with van der Waals surface area (Å²) in [6.07, 6.45) is 1.97. The molecule has 0 radical (unpaired) electrons. The lowest BCUT2D eigenvalue weighted by atomic mass is 9.97. The van der Waals surface area contributed by atoms with Crippen molar-refractivity contribution in [2.24, 2.45) is 5.92 Å². The fourth-order valence-corrected chi connectivity index (χ4v) is 2.73. The van der Waals surface area contributed by atoms with Gasteiger partial charge >= 0.3 is 5.97 Å². The van der Waals surface area contributed by atoms with Crippen LogP contribution in [0.25, 0.3) is 0 Å². The molecule has 0 aliphatic carbocycles. The van der Waals surface area contributed by atoms with Crippen LogP contribution in [0.2, 0.25) is 0 Å². The Balaban J connectivity index is 2.00. The van der Waals surface area contributed by atoms with Crippen LogP contribution in [0.1, 0.15) is 25.3 Å². The third-order valence-corrected chi connectivity index (χ3v) is 3.71. The quantitative estimate of drug-likeness (QED) is 0.775. The van der Waals surface area contributed by atoms with Crippen LogP contribution in [0.5, 0.6) is 5.75 Å². The molecule has 0 spiro atoms. The van der Waals surface area contributed by atoms with Crippen LogP contribution < -0.4 is 4.74 Å². The normalized spacial score (nSPS) is 19.6. The first kappa shape index (κ1) is 14.9. The van der Waals surface area contributed by atoms with Crippen LogP contribution in [-0.2, 0) is 16.1 Å². The van der Waals surface area contributed by atoms with Crippen molar-refractivity contribution in [3.05, 3.63) is 29.8 Å². The molecule has 0 saturated carbocycles. The van der Waals surface area contributed by atoms with Crippen molar-refractivity contribution in [3.8, 4) is 5.75 Å². The molecule has 110 valence electrons. The summed E-state index contributed by atoms with van der Waals surface area (Å²) in [7, 11) is 1.46. The maximum Gasteiger partial charge on any atom is 0.309 e. The molecule has 1 fully saturated rings. The van der Waals surface area contributed by atoms with Gasteiger partial charge in [-0.25, -0.2) is 0 Å². The number of para-hydroxylation sites is 1. The van der Waals surface area contributed by atoms with Gasteiger partial charge in [0.25, 0.3) is 0 Å². The molecule has 1 unspecified atom stereocenters. The number of carbonyl (C=O) groups is 1. The van der Waals surface area contributed by atoms with Gasteiger partial charge in [-0.05, 0) is 32.4 Å². The minimum absolute atomic E-state index is 0.00741. The molecule has 0 N–H and O–H groups in total. The van der Waals surface area contributed by atoms with Gasteiger partial charge in [0.1, 0.15) is 5.75 Å². The second-order valence-electron chi connectivity index (χ2n) is 5.14. The monoisotopic (exact) mass is 277 g/mol. The number of hydrogen-bond acceptors (Lipinski definition) is 4. The first-order chi connectivity index (χ1) is 9.74. The van der Waals surface area contributed by atoms with Gasteiger partial charge < -0.3 is 9.47 Å². The number of methoxy groups -OCH3 is 1. The SMILES string of the molecule is CCOc1ccccc1CN1CCCC(C(=O)OC)C1.